The Labute approximate surface area is 116 Å². The highest BCUT2D eigenvalue weighted by Crippen LogP contribution is 2.29. The Morgan fingerprint density at radius 3 is 3.05 bits per heavy atom. The summed E-state index contributed by atoms with van der Waals surface area (Å²) in [5.41, 5.74) is 2.51. The van der Waals surface area contributed by atoms with Crippen LogP contribution >= 0.6 is 0 Å². The molecule has 1 heterocycles. The van der Waals surface area contributed by atoms with Crippen molar-refractivity contribution in [2.75, 3.05) is 25.0 Å². The molecule has 0 saturated heterocycles. The van der Waals surface area contributed by atoms with Crippen molar-refractivity contribution >= 4 is 5.69 Å². The fourth-order valence-corrected chi connectivity index (χ4v) is 2.34. The summed E-state index contributed by atoms with van der Waals surface area (Å²) in [7, 11) is 0. The molecular weight excluding hydrogens is 236 g/mol. The van der Waals surface area contributed by atoms with E-state index in [-0.39, 0.29) is 6.10 Å². The van der Waals surface area contributed by atoms with Crippen LogP contribution in [-0.2, 0) is 6.42 Å². The molecule has 3 nitrogen and oxygen atoms in total. The van der Waals surface area contributed by atoms with Crippen molar-refractivity contribution in [1.29, 1.82) is 0 Å². The minimum atomic E-state index is 0.263. The zero-order chi connectivity index (χ0) is 13.5. The molecule has 0 amide bonds. The molecular formula is C16H26N2O. The summed E-state index contributed by atoms with van der Waals surface area (Å²) in [5, 5.41) is 6.93. The lowest BCUT2D eigenvalue weighted by Gasteiger charge is -2.25. The second kappa shape index (κ2) is 7.39. The Bertz CT molecular complexity index is 392. The minimum absolute atomic E-state index is 0.263. The molecule has 0 bridgehead atoms. The normalized spacial score (nSPS) is 17.5. The minimum Gasteiger partial charge on any atom is -0.487 e. The monoisotopic (exact) mass is 262 g/mol. The van der Waals surface area contributed by atoms with Crippen LogP contribution in [0.1, 0.15) is 38.7 Å². The van der Waals surface area contributed by atoms with Gasteiger partial charge in [0, 0.05) is 0 Å². The Balaban J connectivity index is 1.76. The first-order chi connectivity index (χ1) is 9.29. The summed E-state index contributed by atoms with van der Waals surface area (Å²) >= 11 is 0. The van der Waals surface area contributed by atoms with Gasteiger partial charge in [0.1, 0.15) is 11.9 Å². The van der Waals surface area contributed by atoms with Gasteiger partial charge in [0.15, 0.2) is 0 Å². The summed E-state index contributed by atoms with van der Waals surface area (Å²) in [4.78, 5) is 0. The maximum absolute atomic E-state index is 5.78. The molecule has 1 aromatic carbocycles. The highest BCUT2D eigenvalue weighted by Gasteiger charge is 2.14. The van der Waals surface area contributed by atoms with Gasteiger partial charge in [-0.1, -0.05) is 25.8 Å². The van der Waals surface area contributed by atoms with E-state index in [0.29, 0.717) is 0 Å². The zero-order valence-electron chi connectivity index (χ0n) is 12.2. The van der Waals surface area contributed by atoms with Crippen LogP contribution in [0.5, 0.6) is 5.75 Å². The summed E-state index contributed by atoms with van der Waals surface area (Å²) in [6, 6.07) is 6.48. The number of benzene rings is 1. The average Bonchev–Trinajstić information content (AvgIpc) is 2.43. The van der Waals surface area contributed by atoms with Crippen molar-refractivity contribution in [3.8, 4) is 5.75 Å². The number of nitrogens with one attached hydrogen (secondary N) is 2. The summed E-state index contributed by atoms with van der Waals surface area (Å²) in [5.74, 6) is 0.985. The molecule has 106 valence electrons. The first-order valence-electron chi connectivity index (χ1n) is 7.53. The quantitative estimate of drug-likeness (QED) is 0.740. The highest BCUT2D eigenvalue weighted by molar-refractivity contribution is 5.59. The van der Waals surface area contributed by atoms with Gasteiger partial charge in [-0.3, -0.25) is 0 Å². The fraction of sp³-hybridized carbons (Fsp3) is 0.625. The van der Waals surface area contributed by atoms with Crippen LogP contribution in [0.15, 0.2) is 18.2 Å². The average molecular weight is 262 g/mol. The summed E-state index contributed by atoms with van der Waals surface area (Å²) in [6.45, 7) is 7.41. The van der Waals surface area contributed by atoms with Gasteiger partial charge in [-0.15, -0.1) is 0 Å². The number of hydrogen-bond donors (Lipinski definition) is 2. The molecule has 2 rings (SSSR count). The molecule has 0 aliphatic carbocycles. The number of anilines is 1. The number of ether oxygens (including phenoxy) is 1. The van der Waals surface area contributed by atoms with Crippen LogP contribution in [0.4, 0.5) is 5.69 Å². The Morgan fingerprint density at radius 1 is 1.32 bits per heavy atom. The van der Waals surface area contributed by atoms with Gasteiger partial charge in [-0.25, -0.2) is 0 Å². The van der Waals surface area contributed by atoms with Crippen molar-refractivity contribution in [2.45, 2.75) is 45.6 Å². The molecule has 19 heavy (non-hydrogen) atoms. The Morgan fingerprint density at radius 2 is 2.21 bits per heavy atom. The molecule has 2 N–H and O–H groups in total. The third-order valence-electron chi connectivity index (χ3n) is 3.50. The molecule has 3 heteroatoms. The Kier molecular flexibility index (Phi) is 5.52. The van der Waals surface area contributed by atoms with E-state index in [4.69, 9.17) is 4.74 Å². The van der Waals surface area contributed by atoms with Crippen LogP contribution in [0.3, 0.4) is 0 Å². The van der Waals surface area contributed by atoms with Crippen LogP contribution in [0.25, 0.3) is 0 Å². The van der Waals surface area contributed by atoms with Crippen molar-refractivity contribution in [2.24, 2.45) is 0 Å². The molecule has 1 unspecified atom stereocenters. The van der Waals surface area contributed by atoms with Gasteiger partial charge in [-0.05, 0) is 50.6 Å². The molecule has 0 fully saturated rings. The smallest absolute Gasteiger partial charge is 0.142 e. The van der Waals surface area contributed by atoms with Gasteiger partial charge >= 0.3 is 0 Å². The van der Waals surface area contributed by atoms with Gasteiger partial charge in [-0.2, -0.15) is 0 Å². The molecule has 0 saturated carbocycles. The second-order valence-electron chi connectivity index (χ2n) is 5.35. The van der Waals surface area contributed by atoms with Gasteiger partial charge in [0.05, 0.1) is 12.2 Å². The molecule has 0 radical (unpaired) electrons. The predicted octanol–water partition coefficient (Wildman–Crippen LogP) is 3.20. The number of unbranched alkanes of at least 4 members (excludes halogenated alkanes) is 2. The van der Waals surface area contributed by atoms with Gasteiger partial charge < -0.3 is 15.4 Å². The summed E-state index contributed by atoms with van der Waals surface area (Å²) in [6.07, 6.45) is 5.24. The highest BCUT2D eigenvalue weighted by atomic mass is 16.5. The van der Waals surface area contributed by atoms with Crippen molar-refractivity contribution in [3.63, 3.8) is 0 Å². The molecule has 0 spiro atoms. The number of rotatable bonds is 7. The third kappa shape index (κ3) is 4.43. The second-order valence-corrected chi connectivity index (χ2v) is 5.35. The Hall–Kier alpha value is -1.22. The van der Waals surface area contributed by atoms with E-state index >= 15 is 0 Å². The zero-order valence-corrected chi connectivity index (χ0v) is 12.2. The maximum atomic E-state index is 5.78. The van der Waals surface area contributed by atoms with E-state index in [1.165, 1.54) is 24.8 Å². The maximum Gasteiger partial charge on any atom is 0.142 e. The molecule has 1 atom stereocenters. The van der Waals surface area contributed by atoms with E-state index in [9.17, 15) is 0 Å². The van der Waals surface area contributed by atoms with Gasteiger partial charge in [0.25, 0.3) is 0 Å². The third-order valence-corrected chi connectivity index (χ3v) is 3.50. The van der Waals surface area contributed by atoms with E-state index in [0.717, 1.165) is 37.5 Å². The van der Waals surface area contributed by atoms with Crippen molar-refractivity contribution < 1.29 is 4.74 Å². The lowest BCUT2D eigenvalue weighted by molar-refractivity contribution is 0.226. The van der Waals surface area contributed by atoms with Crippen molar-refractivity contribution in [1.82, 2.24) is 5.32 Å². The lowest BCUT2D eigenvalue weighted by atomic mass is 10.1. The topological polar surface area (TPSA) is 33.3 Å². The van der Waals surface area contributed by atoms with E-state index in [1.807, 2.05) is 0 Å². The van der Waals surface area contributed by atoms with Gasteiger partial charge in [0.2, 0.25) is 0 Å². The molecule has 0 aromatic heterocycles. The van der Waals surface area contributed by atoms with E-state index in [1.54, 1.807) is 0 Å². The van der Waals surface area contributed by atoms with Crippen LogP contribution in [-0.4, -0.2) is 25.7 Å². The van der Waals surface area contributed by atoms with Crippen molar-refractivity contribution in [3.05, 3.63) is 23.8 Å². The SMILES string of the molecule is CCCCCNCCc1ccc2c(c1)NCC(C)O2. The molecule has 1 aliphatic heterocycles. The fourth-order valence-electron chi connectivity index (χ4n) is 2.34. The van der Waals surface area contributed by atoms with E-state index in [2.05, 4.69) is 42.7 Å². The molecule has 1 aromatic rings. The first-order valence-corrected chi connectivity index (χ1v) is 7.53. The molecule has 1 aliphatic rings. The van der Waals surface area contributed by atoms with Crippen LogP contribution in [0, 0.1) is 0 Å². The first kappa shape index (κ1) is 14.2. The van der Waals surface area contributed by atoms with Crippen LogP contribution in [0.2, 0.25) is 0 Å². The lowest BCUT2D eigenvalue weighted by Crippen LogP contribution is -2.27. The standard InChI is InChI=1S/C16H26N2O/c1-3-4-5-9-17-10-8-14-6-7-16-15(11-14)18-12-13(2)19-16/h6-7,11,13,17-18H,3-5,8-10,12H2,1-2H3. The number of hydrogen-bond acceptors (Lipinski definition) is 3. The summed E-state index contributed by atoms with van der Waals surface area (Å²) < 4.78 is 5.78. The predicted molar refractivity (Wildman–Crippen MR) is 81.1 cm³/mol. The largest absolute Gasteiger partial charge is 0.487 e. The van der Waals surface area contributed by atoms with E-state index < -0.39 is 0 Å². The van der Waals surface area contributed by atoms with Crippen LogP contribution < -0.4 is 15.4 Å². The number of fused-ring (bicyclic) bond motifs is 1.